The predicted octanol–water partition coefficient (Wildman–Crippen LogP) is 4.66. The summed E-state index contributed by atoms with van der Waals surface area (Å²) in [6, 6.07) is 15.2. The Bertz CT molecular complexity index is 977. The summed E-state index contributed by atoms with van der Waals surface area (Å²) in [6.07, 6.45) is 0. The van der Waals surface area contributed by atoms with Gasteiger partial charge in [0.15, 0.2) is 11.0 Å². The Morgan fingerprint density at radius 1 is 1.07 bits per heavy atom. The third-order valence-corrected chi connectivity index (χ3v) is 5.65. The van der Waals surface area contributed by atoms with Crippen molar-refractivity contribution in [3.05, 3.63) is 58.8 Å². The van der Waals surface area contributed by atoms with E-state index in [-0.39, 0.29) is 12.6 Å². The van der Waals surface area contributed by atoms with Crippen LogP contribution in [-0.4, -0.2) is 39.7 Å². The highest BCUT2D eigenvalue weighted by Gasteiger charge is 2.22. The molecule has 0 radical (unpaired) electrons. The molecular formula is C21H22BrN3O4S. The van der Waals surface area contributed by atoms with Gasteiger partial charge in [-0.1, -0.05) is 27.7 Å². The van der Waals surface area contributed by atoms with E-state index in [1.165, 1.54) is 18.9 Å². The Kier molecular flexibility index (Phi) is 7.75. The monoisotopic (exact) mass is 491 g/mol. The lowest BCUT2D eigenvalue weighted by Gasteiger charge is -2.13. The van der Waals surface area contributed by atoms with Crippen molar-refractivity contribution < 1.29 is 19.0 Å². The molecule has 3 aromatic rings. The number of thioether (sulfide) groups is 1. The molecule has 9 heteroatoms. The third kappa shape index (κ3) is 5.54. The quantitative estimate of drug-likeness (QED) is 0.318. The number of carbonyl (C=O) groups excluding carboxylic acids is 1. The average Bonchev–Trinajstić information content (AvgIpc) is 3.15. The van der Waals surface area contributed by atoms with Crippen LogP contribution in [0.1, 0.15) is 19.7 Å². The number of carbonyl (C=O) groups is 1. The molecule has 7 nitrogen and oxygen atoms in total. The lowest BCUT2D eigenvalue weighted by Crippen LogP contribution is -2.16. The van der Waals surface area contributed by atoms with Crippen molar-refractivity contribution in [2.75, 3.05) is 13.7 Å². The first-order chi connectivity index (χ1) is 14.5. The van der Waals surface area contributed by atoms with Gasteiger partial charge in [0, 0.05) is 10.2 Å². The van der Waals surface area contributed by atoms with E-state index in [0.29, 0.717) is 17.6 Å². The number of esters is 1. The van der Waals surface area contributed by atoms with Crippen LogP contribution in [0.4, 0.5) is 0 Å². The minimum atomic E-state index is -0.430. The lowest BCUT2D eigenvalue weighted by molar-refractivity contribution is -0.139. The van der Waals surface area contributed by atoms with Gasteiger partial charge in [-0.05, 0) is 62.4 Å². The number of benzene rings is 2. The molecule has 0 aliphatic heterocycles. The molecule has 0 unspecified atom stereocenters. The van der Waals surface area contributed by atoms with Crippen LogP contribution >= 0.6 is 27.7 Å². The molecule has 158 valence electrons. The van der Waals surface area contributed by atoms with Gasteiger partial charge >= 0.3 is 5.97 Å². The number of aromatic nitrogens is 3. The molecule has 0 saturated carbocycles. The molecule has 0 bridgehead atoms. The first-order valence-electron chi connectivity index (χ1n) is 9.32. The van der Waals surface area contributed by atoms with E-state index >= 15 is 0 Å². The molecule has 2 aromatic carbocycles. The van der Waals surface area contributed by atoms with Gasteiger partial charge in [-0.15, -0.1) is 10.2 Å². The van der Waals surface area contributed by atoms with Gasteiger partial charge in [-0.3, -0.25) is 9.36 Å². The zero-order valence-corrected chi connectivity index (χ0v) is 19.3. The fraction of sp³-hybridized carbons (Fsp3) is 0.286. The first kappa shape index (κ1) is 22.2. The van der Waals surface area contributed by atoms with E-state index in [0.717, 1.165) is 21.7 Å². The highest BCUT2D eigenvalue weighted by Crippen LogP contribution is 2.28. The molecule has 0 aliphatic rings. The molecule has 1 heterocycles. The molecule has 0 aliphatic carbocycles. The molecule has 3 rings (SSSR count). The number of halogens is 1. The standard InChI is InChI=1S/C21H22BrN3O4S/c1-4-28-17-11-7-16(8-12-17)25-19(13-29-18-9-5-15(22)6-10-18)23-24-21(25)30-14(2)20(26)27-3/h5-12,14H,4,13H2,1-3H3/t14-/m1/s1. The summed E-state index contributed by atoms with van der Waals surface area (Å²) >= 11 is 4.69. The maximum Gasteiger partial charge on any atom is 0.318 e. The first-order valence-corrected chi connectivity index (χ1v) is 11.0. The summed E-state index contributed by atoms with van der Waals surface area (Å²) in [7, 11) is 1.37. The minimum absolute atomic E-state index is 0.217. The van der Waals surface area contributed by atoms with Gasteiger partial charge < -0.3 is 14.2 Å². The van der Waals surface area contributed by atoms with Crippen LogP contribution in [0.5, 0.6) is 11.5 Å². The fourth-order valence-corrected chi connectivity index (χ4v) is 3.82. The van der Waals surface area contributed by atoms with Gasteiger partial charge in [0.1, 0.15) is 23.4 Å². The Balaban J connectivity index is 1.89. The molecule has 30 heavy (non-hydrogen) atoms. The third-order valence-electron chi connectivity index (χ3n) is 4.10. The lowest BCUT2D eigenvalue weighted by atomic mass is 10.3. The molecular weight excluding hydrogens is 470 g/mol. The Morgan fingerprint density at radius 2 is 1.70 bits per heavy atom. The van der Waals surface area contributed by atoms with Gasteiger partial charge in [0.25, 0.3) is 0 Å². The number of ether oxygens (including phenoxy) is 3. The van der Waals surface area contributed by atoms with E-state index in [9.17, 15) is 4.79 Å². The van der Waals surface area contributed by atoms with E-state index in [1.54, 1.807) is 6.92 Å². The van der Waals surface area contributed by atoms with Crippen LogP contribution < -0.4 is 9.47 Å². The van der Waals surface area contributed by atoms with E-state index < -0.39 is 5.25 Å². The minimum Gasteiger partial charge on any atom is -0.494 e. The van der Waals surface area contributed by atoms with Gasteiger partial charge in [-0.25, -0.2) is 0 Å². The largest absolute Gasteiger partial charge is 0.494 e. The maximum absolute atomic E-state index is 11.9. The van der Waals surface area contributed by atoms with Crippen LogP contribution in [-0.2, 0) is 16.1 Å². The Labute approximate surface area is 187 Å². The number of hydrogen-bond donors (Lipinski definition) is 0. The summed E-state index contributed by atoms with van der Waals surface area (Å²) in [5.74, 6) is 1.78. The normalized spacial score (nSPS) is 11.7. The van der Waals surface area contributed by atoms with Crippen LogP contribution in [0.25, 0.3) is 5.69 Å². The zero-order valence-electron chi connectivity index (χ0n) is 16.9. The van der Waals surface area contributed by atoms with Crippen molar-refractivity contribution in [2.45, 2.75) is 30.9 Å². The van der Waals surface area contributed by atoms with E-state index in [4.69, 9.17) is 14.2 Å². The molecule has 0 N–H and O–H groups in total. The second-order valence-electron chi connectivity index (χ2n) is 6.19. The molecule has 0 saturated heterocycles. The molecule has 1 aromatic heterocycles. The summed E-state index contributed by atoms with van der Waals surface area (Å²) in [6.45, 7) is 4.52. The van der Waals surface area contributed by atoms with Crippen LogP contribution in [0.3, 0.4) is 0 Å². The fourth-order valence-electron chi connectivity index (χ4n) is 2.64. The van der Waals surface area contributed by atoms with Crippen LogP contribution in [0, 0.1) is 0 Å². The van der Waals surface area contributed by atoms with Crippen molar-refractivity contribution >= 4 is 33.7 Å². The zero-order chi connectivity index (χ0) is 21.5. The topological polar surface area (TPSA) is 75.5 Å². The van der Waals surface area contributed by atoms with Crippen molar-refractivity contribution in [3.63, 3.8) is 0 Å². The van der Waals surface area contributed by atoms with E-state index in [1.807, 2.05) is 60.0 Å². The van der Waals surface area contributed by atoms with Crippen molar-refractivity contribution in [3.8, 4) is 17.2 Å². The highest BCUT2D eigenvalue weighted by molar-refractivity contribution is 9.10. The summed E-state index contributed by atoms with van der Waals surface area (Å²) in [4.78, 5) is 11.9. The van der Waals surface area contributed by atoms with Crippen molar-refractivity contribution in [1.29, 1.82) is 0 Å². The smallest absolute Gasteiger partial charge is 0.318 e. The summed E-state index contributed by atoms with van der Waals surface area (Å²) < 4.78 is 19.1. The number of methoxy groups -OCH3 is 1. The number of rotatable bonds is 9. The Hall–Kier alpha value is -2.52. The van der Waals surface area contributed by atoms with Crippen LogP contribution in [0.2, 0.25) is 0 Å². The SMILES string of the molecule is CCOc1ccc(-n2c(COc3ccc(Br)cc3)nnc2S[C@H](C)C(=O)OC)cc1. The number of nitrogens with zero attached hydrogens (tertiary/aromatic N) is 3. The average molecular weight is 492 g/mol. The molecule has 0 spiro atoms. The Morgan fingerprint density at radius 3 is 2.33 bits per heavy atom. The van der Waals surface area contributed by atoms with Crippen LogP contribution in [0.15, 0.2) is 58.2 Å². The van der Waals surface area contributed by atoms with Gasteiger partial charge in [0.2, 0.25) is 0 Å². The van der Waals surface area contributed by atoms with Gasteiger partial charge in [0.05, 0.1) is 13.7 Å². The van der Waals surface area contributed by atoms with Gasteiger partial charge in [-0.2, -0.15) is 0 Å². The number of hydrogen-bond acceptors (Lipinski definition) is 7. The molecule has 0 amide bonds. The second-order valence-corrected chi connectivity index (χ2v) is 8.41. The second kappa shape index (κ2) is 10.5. The predicted molar refractivity (Wildman–Crippen MR) is 118 cm³/mol. The molecule has 0 fully saturated rings. The summed E-state index contributed by atoms with van der Waals surface area (Å²) in [5.41, 5.74) is 0.845. The van der Waals surface area contributed by atoms with Crippen molar-refractivity contribution in [1.82, 2.24) is 14.8 Å². The van der Waals surface area contributed by atoms with E-state index in [2.05, 4.69) is 26.1 Å². The maximum atomic E-state index is 11.9. The van der Waals surface area contributed by atoms with Crippen molar-refractivity contribution in [2.24, 2.45) is 0 Å². The highest BCUT2D eigenvalue weighted by atomic mass is 79.9. The summed E-state index contributed by atoms with van der Waals surface area (Å²) in [5, 5.41) is 8.73. The molecule has 1 atom stereocenters.